The van der Waals surface area contributed by atoms with Crippen LogP contribution in [0.2, 0.25) is 0 Å². The van der Waals surface area contributed by atoms with E-state index in [1.54, 1.807) is 18.0 Å². The first-order valence-corrected chi connectivity index (χ1v) is 11.4. The highest BCUT2D eigenvalue weighted by atomic mass is 32.2. The molecular formula is C25H30F4N2S. The molecule has 174 valence electrons. The molecule has 7 heteroatoms. The Balaban J connectivity index is 2.15. The van der Waals surface area contributed by atoms with Crippen molar-refractivity contribution in [2.75, 3.05) is 0 Å². The molecule has 0 bridgehead atoms. The predicted molar refractivity (Wildman–Crippen MR) is 126 cm³/mol. The minimum absolute atomic E-state index is 0.0174. The van der Waals surface area contributed by atoms with E-state index in [1.165, 1.54) is 24.3 Å². The maximum Gasteiger partial charge on any atom is 0.417 e. The maximum absolute atomic E-state index is 15.2. The lowest BCUT2D eigenvalue weighted by Crippen LogP contribution is -2.16. The van der Waals surface area contributed by atoms with Gasteiger partial charge < -0.3 is 4.57 Å². The van der Waals surface area contributed by atoms with Gasteiger partial charge in [-0.3, -0.25) is 4.72 Å². The summed E-state index contributed by atoms with van der Waals surface area (Å²) in [6.45, 7) is 13.7. The zero-order chi connectivity index (χ0) is 23.9. The van der Waals surface area contributed by atoms with E-state index in [4.69, 9.17) is 0 Å². The van der Waals surface area contributed by atoms with Crippen molar-refractivity contribution in [3.8, 4) is 11.1 Å². The minimum atomic E-state index is -4.56. The summed E-state index contributed by atoms with van der Waals surface area (Å²) in [4.78, 5) is 0. The molecule has 1 heterocycles. The van der Waals surface area contributed by atoms with Crippen molar-refractivity contribution in [2.45, 2.75) is 65.6 Å². The molecule has 0 saturated carbocycles. The van der Waals surface area contributed by atoms with Crippen molar-refractivity contribution >= 4 is 22.9 Å². The predicted octanol–water partition coefficient (Wildman–Crippen LogP) is 8.05. The van der Waals surface area contributed by atoms with Crippen molar-refractivity contribution in [2.24, 2.45) is 5.41 Å². The Morgan fingerprint density at radius 3 is 2.19 bits per heavy atom. The van der Waals surface area contributed by atoms with Crippen LogP contribution >= 0.6 is 11.9 Å². The van der Waals surface area contributed by atoms with Crippen LogP contribution in [0.25, 0.3) is 22.0 Å². The lowest BCUT2D eigenvalue weighted by molar-refractivity contribution is -0.137. The van der Waals surface area contributed by atoms with Crippen LogP contribution < -0.4 is 4.72 Å². The van der Waals surface area contributed by atoms with Crippen molar-refractivity contribution in [1.82, 2.24) is 9.29 Å². The average molecular weight is 467 g/mol. The Kier molecular flexibility index (Phi) is 6.74. The summed E-state index contributed by atoms with van der Waals surface area (Å²) in [5, 5.41) is 0.710. The quantitative estimate of drug-likeness (QED) is 0.303. The van der Waals surface area contributed by atoms with Crippen molar-refractivity contribution in [1.29, 1.82) is 0 Å². The molecule has 0 fully saturated rings. The molecule has 0 amide bonds. The van der Waals surface area contributed by atoms with Gasteiger partial charge in [-0.15, -0.1) is 0 Å². The van der Waals surface area contributed by atoms with Gasteiger partial charge in [0.1, 0.15) is 5.82 Å². The number of hydrogen-bond donors (Lipinski definition) is 1. The Morgan fingerprint density at radius 2 is 1.59 bits per heavy atom. The summed E-state index contributed by atoms with van der Waals surface area (Å²) >= 11 is 1.59. The molecule has 0 unspecified atom stereocenters. The minimum Gasteiger partial charge on any atom is -0.347 e. The van der Waals surface area contributed by atoms with Crippen molar-refractivity contribution < 1.29 is 17.6 Å². The largest absolute Gasteiger partial charge is 0.417 e. The van der Waals surface area contributed by atoms with E-state index in [-0.39, 0.29) is 21.3 Å². The van der Waals surface area contributed by atoms with Crippen LogP contribution in [0, 0.1) is 11.2 Å². The van der Waals surface area contributed by atoms with Crippen LogP contribution in [0.5, 0.6) is 0 Å². The third-order valence-electron chi connectivity index (χ3n) is 4.86. The Labute approximate surface area is 191 Å². The van der Waals surface area contributed by atoms with E-state index in [2.05, 4.69) is 46.3 Å². The Hall–Kier alpha value is -1.99. The standard InChI is InChI=1S/C25H30F4N2S/c1-23(2,3)15-31-14-16(13-30-32-24(4,5)6)18-11-21(26)19(12-22(18)31)17-9-7-8-10-20(17)25(27,28)29/h7-12,14,30H,13,15H2,1-6H3. The number of halogens is 4. The van der Waals surface area contributed by atoms with E-state index in [0.29, 0.717) is 18.5 Å². The number of alkyl halides is 3. The van der Waals surface area contributed by atoms with Gasteiger partial charge in [-0.05, 0) is 55.5 Å². The molecule has 32 heavy (non-hydrogen) atoms. The van der Waals surface area contributed by atoms with E-state index in [1.807, 2.05) is 10.8 Å². The summed E-state index contributed by atoms with van der Waals surface area (Å²) < 4.78 is 61.3. The lowest BCUT2D eigenvalue weighted by atomic mass is 9.96. The fourth-order valence-electron chi connectivity index (χ4n) is 3.67. The van der Waals surface area contributed by atoms with Crippen LogP contribution in [0.4, 0.5) is 17.6 Å². The molecule has 3 aromatic rings. The topological polar surface area (TPSA) is 17.0 Å². The number of fused-ring (bicyclic) bond motifs is 1. The zero-order valence-corrected chi connectivity index (χ0v) is 20.1. The van der Waals surface area contributed by atoms with E-state index in [0.717, 1.165) is 17.1 Å². The fraction of sp³-hybridized carbons (Fsp3) is 0.440. The van der Waals surface area contributed by atoms with Gasteiger partial charge in [0.15, 0.2) is 0 Å². The third-order valence-corrected chi connectivity index (χ3v) is 5.76. The van der Waals surface area contributed by atoms with Crippen LogP contribution in [0.1, 0.15) is 52.7 Å². The van der Waals surface area contributed by atoms with Gasteiger partial charge in [-0.1, -0.05) is 50.9 Å². The van der Waals surface area contributed by atoms with Gasteiger partial charge in [-0.2, -0.15) is 13.2 Å². The summed E-state index contributed by atoms with van der Waals surface area (Å²) in [6, 6.07) is 8.07. The number of rotatable bonds is 5. The number of hydrogen-bond acceptors (Lipinski definition) is 2. The van der Waals surface area contributed by atoms with Crippen LogP contribution in [-0.2, 0) is 19.3 Å². The number of benzene rings is 2. The first-order chi connectivity index (χ1) is 14.7. The lowest BCUT2D eigenvalue weighted by Gasteiger charge is -2.20. The highest BCUT2D eigenvalue weighted by molar-refractivity contribution is 7.98. The average Bonchev–Trinajstić information content (AvgIpc) is 2.94. The zero-order valence-electron chi connectivity index (χ0n) is 19.3. The van der Waals surface area contributed by atoms with Crippen LogP contribution in [0.3, 0.4) is 0 Å². The summed E-state index contributed by atoms with van der Waals surface area (Å²) in [5.41, 5.74) is 0.556. The number of aromatic nitrogens is 1. The SMILES string of the molecule is CC(C)(C)Cn1cc(CNSC(C)(C)C)c2cc(F)c(-c3ccccc3C(F)(F)F)cc21. The summed E-state index contributed by atoms with van der Waals surface area (Å²) in [6.07, 6.45) is -2.59. The Morgan fingerprint density at radius 1 is 0.938 bits per heavy atom. The molecule has 0 aliphatic carbocycles. The third kappa shape index (κ3) is 5.87. The number of nitrogens with zero attached hydrogens (tertiary/aromatic N) is 1. The molecule has 0 atom stereocenters. The van der Waals surface area contributed by atoms with Gasteiger partial charge in [0.05, 0.1) is 5.56 Å². The van der Waals surface area contributed by atoms with E-state index in [9.17, 15) is 13.2 Å². The first-order valence-electron chi connectivity index (χ1n) is 10.5. The molecule has 0 aliphatic heterocycles. The summed E-state index contributed by atoms with van der Waals surface area (Å²) in [7, 11) is 0. The molecule has 0 aliphatic rings. The van der Waals surface area contributed by atoms with Crippen LogP contribution in [-0.4, -0.2) is 9.31 Å². The monoisotopic (exact) mass is 466 g/mol. The smallest absolute Gasteiger partial charge is 0.347 e. The van der Waals surface area contributed by atoms with Crippen LogP contribution in [0.15, 0.2) is 42.6 Å². The Bertz CT molecular complexity index is 1100. The molecule has 0 saturated heterocycles. The highest BCUT2D eigenvalue weighted by Crippen LogP contribution is 2.40. The second-order valence-electron chi connectivity index (χ2n) is 10.3. The summed E-state index contributed by atoms with van der Waals surface area (Å²) in [5.74, 6) is -0.660. The van der Waals surface area contributed by atoms with Gasteiger partial charge in [-0.25, -0.2) is 4.39 Å². The van der Waals surface area contributed by atoms with Crippen molar-refractivity contribution in [3.63, 3.8) is 0 Å². The first kappa shape index (κ1) is 24.6. The van der Waals surface area contributed by atoms with Gasteiger partial charge in [0.25, 0.3) is 0 Å². The normalized spacial score (nSPS) is 13.2. The molecule has 3 rings (SSSR count). The van der Waals surface area contributed by atoms with Gasteiger partial charge >= 0.3 is 6.18 Å². The number of nitrogens with one attached hydrogen (secondary N) is 1. The van der Waals surface area contributed by atoms with Gasteiger partial charge in [0.2, 0.25) is 0 Å². The molecule has 1 aromatic heterocycles. The second-order valence-corrected chi connectivity index (χ2v) is 12.0. The molecule has 2 aromatic carbocycles. The molecule has 1 N–H and O–H groups in total. The molecule has 2 nitrogen and oxygen atoms in total. The maximum atomic E-state index is 15.2. The van der Waals surface area contributed by atoms with Crippen molar-refractivity contribution in [3.05, 3.63) is 59.5 Å². The fourth-order valence-corrected chi connectivity index (χ4v) is 4.33. The molecule has 0 radical (unpaired) electrons. The second kappa shape index (κ2) is 8.75. The highest BCUT2D eigenvalue weighted by Gasteiger charge is 2.34. The molecule has 0 spiro atoms. The van der Waals surface area contributed by atoms with Gasteiger partial charge in [0, 0.05) is 40.5 Å². The molecular weight excluding hydrogens is 436 g/mol. The van der Waals surface area contributed by atoms with E-state index >= 15 is 4.39 Å². The van der Waals surface area contributed by atoms with E-state index < -0.39 is 17.6 Å².